The molecule has 208 valence electrons. The Kier molecular flexibility index (Phi) is 9.05. The average Bonchev–Trinajstić information content (AvgIpc) is 2.95. The number of alkyl halides is 3. The molecule has 0 heterocycles. The van der Waals surface area contributed by atoms with Crippen LogP contribution < -0.4 is 10.1 Å². The number of nitriles is 1. The summed E-state index contributed by atoms with van der Waals surface area (Å²) in [6.07, 6.45) is -3.65. The van der Waals surface area contributed by atoms with E-state index in [4.69, 9.17) is 10.4 Å². The second-order valence-corrected chi connectivity index (χ2v) is 9.23. The third-order valence-corrected chi connectivity index (χ3v) is 6.38. The van der Waals surface area contributed by atoms with Gasteiger partial charge in [0.25, 0.3) is 5.91 Å². The van der Waals surface area contributed by atoms with E-state index in [1.165, 1.54) is 12.1 Å². The Labute approximate surface area is 234 Å². The molecule has 41 heavy (non-hydrogen) atoms. The molecule has 0 radical (unpaired) electrons. The summed E-state index contributed by atoms with van der Waals surface area (Å²) in [7, 11) is 0. The van der Waals surface area contributed by atoms with Gasteiger partial charge >= 0.3 is 12.3 Å². The lowest BCUT2D eigenvalue weighted by atomic mass is 9.91. The lowest BCUT2D eigenvalue weighted by Crippen LogP contribution is -2.25. The molecule has 0 bridgehead atoms. The highest BCUT2D eigenvalue weighted by molar-refractivity contribution is 5.94. The summed E-state index contributed by atoms with van der Waals surface area (Å²) in [6.45, 7) is 0.0441. The minimum absolute atomic E-state index is 0.0441. The van der Waals surface area contributed by atoms with Gasteiger partial charge < -0.3 is 15.2 Å². The number of hydrogen-bond donors (Lipinski definition) is 2. The lowest BCUT2D eigenvalue weighted by molar-refractivity contribution is -0.274. The molecular weight excluding hydrogens is 533 g/mol. The largest absolute Gasteiger partial charge is 0.573 e. The van der Waals surface area contributed by atoms with Crippen LogP contribution in [0.4, 0.5) is 13.2 Å². The summed E-state index contributed by atoms with van der Waals surface area (Å²) in [4.78, 5) is 22.9. The first-order valence-corrected chi connectivity index (χ1v) is 12.7. The summed E-state index contributed by atoms with van der Waals surface area (Å²) in [5.74, 6) is -1.63. The second-order valence-electron chi connectivity index (χ2n) is 9.23. The summed E-state index contributed by atoms with van der Waals surface area (Å²) < 4.78 is 41.6. The number of benzene rings is 4. The first kappa shape index (κ1) is 28.9. The van der Waals surface area contributed by atoms with E-state index in [1.54, 1.807) is 36.4 Å². The highest BCUT2D eigenvalue weighted by Gasteiger charge is 2.31. The molecule has 0 saturated heterocycles. The van der Waals surface area contributed by atoms with E-state index in [9.17, 15) is 22.8 Å². The summed E-state index contributed by atoms with van der Waals surface area (Å²) in [5, 5.41) is 20.5. The van der Waals surface area contributed by atoms with Gasteiger partial charge in [-0.15, -0.1) is 13.2 Å². The number of hydrogen-bond acceptors (Lipinski definition) is 4. The van der Waals surface area contributed by atoms with E-state index < -0.39 is 12.3 Å². The van der Waals surface area contributed by atoms with Crippen LogP contribution in [0.3, 0.4) is 0 Å². The molecule has 0 aliphatic heterocycles. The molecule has 4 rings (SSSR count). The smallest absolute Gasteiger partial charge is 0.481 e. The molecular formula is C32H25F3N2O4. The van der Waals surface area contributed by atoms with E-state index in [-0.39, 0.29) is 24.6 Å². The quantitative estimate of drug-likeness (QED) is 0.224. The van der Waals surface area contributed by atoms with Crippen molar-refractivity contribution in [1.82, 2.24) is 5.32 Å². The number of rotatable bonds is 10. The standard InChI is InChI=1S/C32H25F3N2O4/c33-32(34,35)41-28-14-11-23(12-15-28)26-13-16-29(24-6-4-22(20-36)5-7-24)27(19-26)10-3-21-1-8-25(9-2-21)31(40)37-18-17-30(38)39/h1-2,4-9,11-16,19H,3,10,17-18H2,(H,37,40)(H,38,39). The van der Waals surface area contributed by atoms with Crippen molar-refractivity contribution in [2.45, 2.75) is 25.6 Å². The van der Waals surface area contributed by atoms with Crippen LogP contribution >= 0.6 is 0 Å². The van der Waals surface area contributed by atoms with E-state index >= 15 is 0 Å². The first-order chi connectivity index (χ1) is 19.6. The van der Waals surface area contributed by atoms with E-state index in [0.717, 1.165) is 33.4 Å². The number of nitrogens with one attached hydrogen (secondary N) is 1. The van der Waals surface area contributed by atoms with Gasteiger partial charge in [-0.25, -0.2) is 0 Å². The van der Waals surface area contributed by atoms with Crippen molar-refractivity contribution in [3.8, 4) is 34.1 Å². The minimum atomic E-state index is -4.76. The number of amides is 1. The van der Waals surface area contributed by atoms with Gasteiger partial charge in [0.1, 0.15) is 5.75 Å². The fraction of sp³-hybridized carbons (Fsp3) is 0.156. The van der Waals surface area contributed by atoms with Crippen LogP contribution in [0.5, 0.6) is 5.75 Å². The molecule has 0 aromatic heterocycles. The number of aliphatic carboxylic acids is 1. The van der Waals surface area contributed by atoms with Crippen molar-refractivity contribution in [1.29, 1.82) is 5.26 Å². The fourth-order valence-corrected chi connectivity index (χ4v) is 4.32. The van der Waals surface area contributed by atoms with Crippen LogP contribution in [-0.2, 0) is 17.6 Å². The van der Waals surface area contributed by atoms with Crippen LogP contribution in [0.15, 0.2) is 91.0 Å². The molecule has 0 unspecified atom stereocenters. The first-order valence-electron chi connectivity index (χ1n) is 12.7. The highest BCUT2D eigenvalue weighted by atomic mass is 19.4. The van der Waals surface area contributed by atoms with Crippen molar-refractivity contribution in [2.24, 2.45) is 0 Å². The zero-order valence-electron chi connectivity index (χ0n) is 21.7. The van der Waals surface area contributed by atoms with Crippen LogP contribution in [-0.4, -0.2) is 29.9 Å². The Bertz CT molecular complexity index is 1560. The summed E-state index contributed by atoms with van der Waals surface area (Å²) in [6, 6.07) is 27.9. The SMILES string of the molecule is N#Cc1ccc(-c2ccc(-c3ccc(OC(F)(F)F)cc3)cc2CCc2ccc(C(=O)NCCC(=O)O)cc2)cc1. The predicted octanol–water partition coefficient (Wildman–Crippen LogP) is 6.78. The maximum Gasteiger partial charge on any atom is 0.573 e. The normalized spacial score (nSPS) is 11.0. The van der Waals surface area contributed by atoms with Crippen molar-refractivity contribution < 1.29 is 32.6 Å². The number of ether oxygens (including phenoxy) is 1. The molecule has 4 aromatic carbocycles. The lowest BCUT2D eigenvalue weighted by Gasteiger charge is -2.14. The topological polar surface area (TPSA) is 99.4 Å². The number of carboxylic acids is 1. The molecule has 0 spiro atoms. The Hall–Kier alpha value is -5.10. The van der Waals surface area contributed by atoms with E-state index in [0.29, 0.717) is 24.0 Å². The molecule has 0 atom stereocenters. The molecule has 6 nitrogen and oxygen atoms in total. The molecule has 0 fully saturated rings. The van der Waals surface area contributed by atoms with Gasteiger partial charge in [-0.3, -0.25) is 9.59 Å². The Balaban J connectivity index is 1.56. The third-order valence-electron chi connectivity index (χ3n) is 6.38. The zero-order chi connectivity index (χ0) is 29.4. The van der Waals surface area contributed by atoms with Crippen LogP contribution in [0, 0.1) is 11.3 Å². The second kappa shape index (κ2) is 12.8. The average molecular weight is 559 g/mol. The van der Waals surface area contributed by atoms with Gasteiger partial charge in [0, 0.05) is 12.1 Å². The van der Waals surface area contributed by atoms with Gasteiger partial charge in [-0.2, -0.15) is 5.26 Å². The fourth-order valence-electron chi connectivity index (χ4n) is 4.32. The highest BCUT2D eigenvalue weighted by Crippen LogP contribution is 2.32. The Morgan fingerprint density at radius 1 is 0.829 bits per heavy atom. The molecule has 2 N–H and O–H groups in total. The Morgan fingerprint density at radius 2 is 1.46 bits per heavy atom. The van der Waals surface area contributed by atoms with Crippen LogP contribution in [0.2, 0.25) is 0 Å². The third kappa shape index (κ3) is 8.19. The molecule has 0 aliphatic rings. The van der Waals surface area contributed by atoms with Crippen molar-refractivity contribution in [2.75, 3.05) is 6.54 Å². The maximum atomic E-state index is 12.6. The molecule has 0 saturated carbocycles. The van der Waals surface area contributed by atoms with Gasteiger partial charge in [0.15, 0.2) is 0 Å². The molecule has 1 amide bonds. The zero-order valence-corrected chi connectivity index (χ0v) is 21.7. The number of nitrogens with zero attached hydrogens (tertiary/aromatic N) is 1. The molecule has 9 heteroatoms. The van der Waals surface area contributed by atoms with Crippen molar-refractivity contribution in [3.63, 3.8) is 0 Å². The number of carboxylic acid groups (broad SMARTS) is 1. The summed E-state index contributed by atoms with van der Waals surface area (Å²) >= 11 is 0. The monoisotopic (exact) mass is 558 g/mol. The number of halogens is 3. The van der Waals surface area contributed by atoms with Crippen molar-refractivity contribution in [3.05, 3.63) is 113 Å². The minimum Gasteiger partial charge on any atom is -0.481 e. The molecule has 0 aliphatic carbocycles. The predicted molar refractivity (Wildman–Crippen MR) is 147 cm³/mol. The van der Waals surface area contributed by atoms with Crippen LogP contribution in [0.25, 0.3) is 22.3 Å². The maximum absolute atomic E-state index is 12.6. The number of aryl methyl sites for hydroxylation is 2. The van der Waals surface area contributed by atoms with Gasteiger partial charge in [-0.1, -0.05) is 54.6 Å². The number of carbonyl (C=O) groups is 2. The summed E-state index contributed by atoms with van der Waals surface area (Å²) in [5.41, 5.74) is 6.39. The van der Waals surface area contributed by atoms with E-state index in [2.05, 4.69) is 16.1 Å². The van der Waals surface area contributed by atoms with Crippen molar-refractivity contribution >= 4 is 11.9 Å². The van der Waals surface area contributed by atoms with Gasteiger partial charge in [0.05, 0.1) is 18.1 Å². The number of carbonyl (C=O) groups excluding carboxylic acids is 1. The molecule has 4 aromatic rings. The Morgan fingerprint density at radius 3 is 2.07 bits per heavy atom. The van der Waals surface area contributed by atoms with Crippen LogP contribution in [0.1, 0.15) is 33.5 Å². The van der Waals surface area contributed by atoms with E-state index in [1.807, 2.05) is 42.5 Å². The van der Waals surface area contributed by atoms with Gasteiger partial charge in [0.2, 0.25) is 0 Å². The van der Waals surface area contributed by atoms with Gasteiger partial charge in [-0.05, 0) is 82.6 Å².